The van der Waals surface area contributed by atoms with Crippen LogP contribution < -0.4 is 10.1 Å². The van der Waals surface area contributed by atoms with Gasteiger partial charge in [-0.25, -0.2) is 0 Å². The molecule has 172 valence electrons. The third-order valence-corrected chi connectivity index (χ3v) is 6.56. The maximum absolute atomic E-state index is 13.7. The number of benzene rings is 3. The first-order chi connectivity index (χ1) is 16.5. The topological polar surface area (TPSA) is 63.6 Å². The van der Waals surface area contributed by atoms with Gasteiger partial charge >= 0.3 is 0 Å². The van der Waals surface area contributed by atoms with E-state index in [0.29, 0.717) is 5.69 Å². The van der Waals surface area contributed by atoms with Crippen LogP contribution in [0.4, 0.5) is 5.69 Å². The Bertz CT molecular complexity index is 1390. The van der Waals surface area contributed by atoms with Gasteiger partial charge in [0.1, 0.15) is 18.0 Å². The highest BCUT2D eigenvalue weighted by Gasteiger charge is 2.42. The molecule has 0 radical (unpaired) electrons. The van der Waals surface area contributed by atoms with Gasteiger partial charge < -0.3 is 19.5 Å². The summed E-state index contributed by atoms with van der Waals surface area (Å²) in [6.07, 6.45) is 0.885. The summed E-state index contributed by atoms with van der Waals surface area (Å²) in [6, 6.07) is 23.1. The molecule has 2 amide bonds. The minimum atomic E-state index is -0.368. The molecule has 1 aliphatic rings. The van der Waals surface area contributed by atoms with Crippen LogP contribution in [0.3, 0.4) is 0 Å². The Morgan fingerprint density at radius 3 is 2.53 bits per heavy atom. The third kappa shape index (κ3) is 3.61. The molecule has 1 N–H and O–H groups in total. The van der Waals surface area contributed by atoms with Crippen molar-refractivity contribution in [2.45, 2.75) is 19.4 Å². The molecular weight excluding hydrogens is 426 g/mol. The molecule has 0 saturated carbocycles. The van der Waals surface area contributed by atoms with Gasteiger partial charge in [-0.15, -0.1) is 0 Å². The maximum atomic E-state index is 13.7. The van der Waals surface area contributed by atoms with Crippen molar-refractivity contribution in [2.24, 2.45) is 7.05 Å². The molecule has 34 heavy (non-hydrogen) atoms. The van der Waals surface area contributed by atoms with Gasteiger partial charge in [0.2, 0.25) is 5.91 Å². The highest BCUT2D eigenvalue weighted by atomic mass is 16.5. The van der Waals surface area contributed by atoms with Crippen LogP contribution >= 0.6 is 0 Å². The van der Waals surface area contributed by atoms with Crippen LogP contribution in [-0.2, 0) is 18.3 Å². The van der Waals surface area contributed by atoms with Crippen molar-refractivity contribution in [1.29, 1.82) is 0 Å². The molecule has 0 spiro atoms. The molecule has 3 aromatic carbocycles. The summed E-state index contributed by atoms with van der Waals surface area (Å²) in [5.74, 6) is 0.371. The van der Waals surface area contributed by atoms with Gasteiger partial charge in [0, 0.05) is 29.2 Å². The average molecular weight is 454 g/mol. The monoisotopic (exact) mass is 453 g/mol. The zero-order valence-corrected chi connectivity index (χ0v) is 19.5. The van der Waals surface area contributed by atoms with Crippen LogP contribution in [0.15, 0.2) is 72.8 Å². The number of aryl methyl sites for hydroxylation is 2. The lowest BCUT2D eigenvalue weighted by Crippen LogP contribution is -2.37. The fourth-order valence-electron chi connectivity index (χ4n) is 4.89. The van der Waals surface area contributed by atoms with Crippen LogP contribution in [0.25, 0.3) is 10.9 Å². The number of aromatic nitrogens is 1. The normalized spacial score (nSPS) is 15.0. The van der Waals surface area contributed by atoms with Gasteiger partial charge in [-0.05, 0) is 47.9 Å². The number of ether oxygens (including phenoxy) is 1. The number of fused-ring (bicyclic) bond motifs is 3. The van der Waals surface area contributed by atoms with E-state index in [2.05, 4.69) is 12.2 Å². The van der Waals surface area contributed by atoms with Crippen molar-refractivity contribution in [2.75, 3.05) is 19.0 Å². The van der Waals surface area contributed by atoms with E-state index in [-0.39, 0.29) is 24.4 Å². The standard InChI is InChI=1S/C28H27N3O3/c1-4-18-8-7-9-20(16-18)29-24(32)17-31-26(19-12-14-21(34-3)15-13-19)25-22-10-5-6-11-23(22)30(2)27(25)28(31)33/h5-16,26H,4,17H2,1-3H3,(H,29,32)/t26-/m1/s1. The molecule has 5 rings (SSSR count). The number of nitrogens with one attached hydrogen (secondary N) is 1. The fraction of sp³-hybridized carbons (Fsp3) is 0.214. The Hall–Kier alpha value is -4.06. The minimum Gasteiger partial charge on any atom is -0.497 e. The number of carbonyl (C=O) groups excluding carboxylic acids is 2. The SMILES string of the molecule is CCc1cccc(NC(=O)CN2C(=O)c3c(c4ccccc4n3C)[C@H]2c2ccc(OC)cc2)c1. The maximum Gasteiger partial charge on any atom is 0.272 e. The predicted molar refractivity (Wildman–Crippen MR) is 133 cm³/mol. The largest absolute Gasteiger partial charge is 0.497 e. The summed E-state index contributed by atoms with van der Waals surface area (Å²) in [4.78, 5) is 28.4. The van der Waals surface area contributed by atoms with Crippen molar-refractivity contribution >= 4 is 28.4 Å². The Kier molecular flexibility index (Phi) is 5.57. The van der Waals surface area contributed by atoms with E-state index in [4.69, 9.17) is 4.74 Å². The number of carbonyl (C=O) groups is 2. The molecular formula is C28H27N3O3. The summed E-state index contributed by atoms with van der Waals surface area (Å²) in [7, 11) is 3.53. The number of methoxy groups -OCH3 is 1. The molecule has 0 bridgehead atoms. The summed E-state index contributed by atoms with van der Waals surface area (Å²) < 4.78 is 7.26. The molecule has 4 aromatic rings. The van der Waals surface area contributed by atoms with Crippen LogP contribution in [0.1, 0.15) is 40.1 Å². The zero-order chi connectivity index (χ0) is 23.8. The molecule has 6 heteroatoms. The molecule has 1 aliphatic heterocycles. The average Bonchev–Trinajstić information content (AvgIpc) is 3.31. The minimum absolute atomic E-state index is 0.0467. The van der Waals surface area contributed by atoms with Crippen LogP contribution in [0.2, 0.25) is 0 Å². The molecule has 1 aromatic heterocycles. The van der Waals surface area contributed by atoms with Crippen molar-refractivity contribution in [3.63, 3.8) is 0 Å². The van der Waals surface area contributed by atoms with E-state index in [0.717, 1.165) is 45.5 Å². The molecule has 0 aliphatic carbocycles. The van der Waals surface area contributed by atoms with Gasteiger partial charge in [0.15, 0.2) is 0 Å². The molecule has 1 atom stereocenters. The number of rotatable bonds is 6. The first kappa shape index (κ1) is 21.8. The van der Waals surface area contributed by atoms with E-state index in [1.165, 1.54) is 0 Å². The Balaban J connectivity index is 1.54. The molecule has 0 fully saturated rings. The summed E-state index contributed by atoms with van der Waals surface area (Å²) in [5, 5.41) is 3.99. The smallest absolute Gasteiger partial charge is 0.272 e. The van der Waals surface area contributed by atoms with E-state index < -0.39 is 0 Å². The molecule has 0 unspecified atom stereocenters. The lowest BCUT2D eigenvalue weighted by molar-refractivity contribution is -0.117. The van der Waals surface area contributed by atoms with Gasteiger partial charge in [-0.3, -0.25) is 9.59 Å². The van der Waals surface area contributed by atoms with Crippen LogP contribution in [0.5, 0.6) is 5.75 Å². The van der Waals surface area contributed by atoms with Crippen LogP contribution in [0, 0.1) is 0 Å². The molecule has 0 saturated heterocycles. The van der Waals surface area contributed by atoms with Crippen molar-refractivity contribution in [3.8, 4) is 5.75 Å². The molecule has 6 nitrogen and oxygen atoms in total. The summed E-state index contributed by atoms with van der Waals surface area (Å²) in [5.41, 5.74) is 5.38. The number of nitrogens with zero attached hydrogens (tertiary/aromatic N) is 2. The van der Waals surface area contributed by atoms with Gasteiger partial charge in [-0.2, -0.15) is 0 Å². The summed E-state index contributed by atoms with van der Waals surface area (Å²) in [6.45, 7) is 2.03. The quantitative estimate of drug-likeness (QED) is 0.450. The Morgan fingerprint density at radius 1 is 1.03 bits per heavy atom. The van der Waals surface area contributed by atoms with E-state index >= 15 is 0 Å². The van der Waals surface area contributed by atoms with E-state index in [1.807, 2.05) is 84.4 Å². The van der Waals surface area contributed by atoms with E-state index in [1.54, 1.807) is 12.0 Å². The fourth-order valence-corrected chi connectivity index (χ4v) is 4.89. The van der Waals surface area contributed by atoms with Gasteiger partial charge in [0.25, 0.3) is 5.91 Å². The number of hydrogen-bond donors (Lipinski definition) is 1. The summed E-state index contributed by atoms with van der Waals surface area (Å²) >= 11 is 0. The zero-order valence-electron chi connectivity index (χ0n) is 19.5. The number of amides is 2. The van der Waals surface area contributed by atoms with E-state index in [9.17, 15) is 9.59 Å². The molecule has 2 heterocycles. The number of hydrogen-bond acceptors (Lipinski definition) is 3. The van der Waals surface area contributed by atoms with Crippen LogP contribution in [-0.4, -0.2) is 34.9 Å². The number of anilines is 1. The second-order valence-corrected chi connectivity index (χ2v) is 8.55. The highest BCUT2D eigenvalue weighted by molar-refractivity contribution is 6.08. The van der Waals surface area contributed by atoms with Crippen molar-refractivity contribution < 1.29 is 14.3 Å². The highest BCUT2D eigenvalue weighted by Crippen LogP contribution is 2.44. The van der Waals surface area contributed by atoms with Gasteiger partial charge in [-0.1, -0.05) is 49.4 Å². The lowest BCUT2D eigenvalue weighted by Gasteiger charge is -2.26. The first-order valence-corrected chi connectivity index (χ1v) is 11.4. The Morgan fingerprint density at radius 2 is 1.79 bits per heavy atom. The third-order valence-electron chi connectivity index (χ3n) is 6.56. The van der Waals surface area contributed by atoms with Gasteiger partial charge in [0.05, 0.1) is 13.2 Å². The number of para-hydroxylation sites is 1. The van der Waals surface area contributed by atoms with Crippen molar-refractivity contribution in [3.05, 3.63) is 95.2 Å². The first-order valence-electron chi connectivity index (χ1n) is 11.4. The second kappa shape index (κ2) is 8.71. The van der Waals surface area contributed by atoms with Crippen molar-refractivity contribution in [1.82, 2.24) is 9.47 Å². The predicted octanol–water partition coefficient (Wildman–Crippen LogP) is 4.93. The lowest BCUT2D eigenvalue weighted by atomic mass is 9.98. The Labute approximate surface area is 198 Å². The second-order valence-electron chi connectivity index (χ2n) is 8.55.